The first-order valence-electron chi connectivity index (χ1n) is 11.5. The van der Waals surface area contributed by atoms with Crippen molar-refractivity contribution < 1.29 is 31.1 Å². The summed E-state index contributed by atoms with van der Waals surface area (Å²) in [5.74, 6) is -0.673. The molecule has 2 aromatic rings. The number of ether oxygens (including phenoxy) is 1. The Labute approximate surface area is 212 Å². The highest BCUT2D eigenvalue weighted by Gasteiger charge is 2.43. The minimum Gasteiger partial charge on any atom is -0.460 e. The molecule has 1 amide bonds. The van der Waals surface area contributed by atoms with Crippen molar-refractivity contribution in [1.82, 2.24) is 10.3 Å². The Hall–Kier alpha value is -2.53. The lowest BCUT2D eigenvalue weighted by Gasteiger charge is -2.41. The van der Waals surface area contributed by atoms with E-state index in [4.69, 9.17) is 16.3 Å². The van der Waals surface area contributed by atoms with E-state index >= 15 is 0 Å². The first kappa shape index (κ1) is 26.5. The standard InChI is InChI=1S/C24H27ClF3N3O4S/c1-23(2,35-21-20(25)10-14(13-29-21)24(26,27)28)22(32)30-15-11-17-4-5-18(12-15)31(17)16-6-8-19(9-7-16)36(3,33)34/h6-10,13,15,17-18H,4-5,11-12H2,1-3H3,(H,30,32)/t15?,17-,18+. The molecular formula is C24H27ClF3N3O4S. The highest BCUT2D eigenvalue weighted by Crippen LogP contribution is 2.40. The van der Waals surface area contributed by atoms with Crippen molar-refractivity contribution in [2.45, 2.75) is 74.3 Å². The summed E-state index contributed by atoms with van der Waals surface area (Å²) in [5, 5.41) is 2.68. The monoisotopic (exact) mass is 545 g/mol. The fourth-order valence-corrected chi connectivity index (χ4v) is 5.72. The first-order chi connectivity index (χ1) is 16.6. The van der Waals surface area contributed by atoms with E-state index in [1.807, 2.05) is 12.1 Å². The van der Waals surface area contributed by atoms with Gasteiger partial charge in [-0.05, 0) is 69.9 Å². The minimum absolute atomic E-state index is 0.111. The van der Waals surface area contributed by atoms with Crippen LogP contribution in [0.2, 0.25) is 5.02 Å². The van der Waals surface area contributed by atoms with Gasteiger partial charge in [-0.2, -0.15) is 13.2 Å². The number of rotatable bonds is 6. The van der Waals surface area contributed by atoms with Crippen LogP contribution in [0.4, 0.5) is 18.9 Å². The van der Waals surface area contributed by atoms with E-state index in [2.05, 4.69) is 15.2 Å². The minimum atomic E-state index is -4.59. The molecule has 0 spiro atoms. The number of fused-ring (bicyclic) bond motifs is 2. The lowest BCUT2D eigenvalue weighted by Crippen LogP contribution is -2.55. The molecule has 196 valence electrons. The van der Waals surface area contributed by atoms with Gasteiger partial charge in [-0.15, -0.1) is 0 Å². The number of hydrogen-bond donors (Lipinski definition) is 1. The van der Waals surface area contributed by atoms with Crippen LogP contribution in [0.25, 0.3) is 0 Å². The number of benzene rings is 1. The van der Waals surface area contributed by atoms with Crippen LogP contribution in [0, 0.1) is 0 Å². The summed E-state index contributed by atoms with van der Waals surface area (Å²) in [7, 11) is -3.27. The molecule has 7 nitrogen and oxygen atoms in total. The third-order valence-electron chi connectivity index (χ3n) is 6.66. The summed E-state index contributed by atoms with van der Waals surface area (Å²) in [5.41, 5.74) is -1.48. The fourth-order valence-electron chi connectivity index (χ4n) is 4.88. The Morgan fingerprint density at radius 2 is 1.72 bits per heavy atom. The summed E-state index contributed by atoms with van der Waals surface area (Å²) in [6, 6.07) is 7.84. The molecule has 36 heavy (non-hydrogen) atoms. The molecule has 0 saturated carbocycles. The zero-order valence-corrected chi connectivity index (χ0v) is 21.5. The second kappa shape index (κ2) is 9.41. The van der Waals surface area contributed by atoms with Crippen molar-refractivity contribution in [1.29, 1.82) is 0 Å². The molecule has 4 rings (SSSR count). The van der Waals surface area contributed by atoms with Crippen LogP contribution < -0.4 is 15.0 Å². The normalized spacial score (nSPS) is 22.4. The van der Waals surface area contributed by atoms with Gasteiger partial charge >= 0.3 is 6.18 Å². The van der Waals surface area contributed by atoms with Crippen molar-refractivity contribution in [2.75, 3.05) is 11.2 Å². The molecule has 1 aromatic heterocycles. The maximum Gasteiger partial charge on any atom is 0.417 e. The SMILES string of the molecule is CC(C)(Oc1ncc(C(F)(F)F)cc1Cl)C(=O)NC1C[C@H]2CC[C@@H](C1)N2c1ccc(S(C)(=O)=O)cc1. The number of nitrogens with zero attached hydrogens (tertiary/aromatic N) is 2. The van der Waals surface area contributed by atoms with Gasteiger partial charge in [-0.1, -0.05) is 11.6 Å². The molecule has 0 radical (unpaired) electrons. The highest BCUT2D eigenvalue weighted by molar-refractivity contribution is 7.90. The van der Waals surface area contributed by atoms with Crippen LogP contribution in [-0.2, 0) is 20.8 Å². The van der Waals surface area contributed by atoms with Crippen LogP contribution in [0.5, 0.6) is 5.88 Å². The number of aromatic nitrogens is 1. The third-order valence-corrected chi connectivity index (χ3v) is 8.06. The van der Waals surface area contributed by atoms with E-state index in [9.17, 15) is 26.4 Å². The molecule has 1 N–H and O–H groups in total. The van der Waals surface area contributed by atoms with Gasteiger partial charge < -0.3 is 15.0 Å². The van der Waals surface area contributed by atoms with E-state index < -0.39 is 33.1 Å². The predicted molar refractivity (Wildman–Crippen MR) is 129 cm³/mol. The molecule has 2 bridgehead atoms. The Balaban J connectivity index is 1.40. The number of amides is 1. The van der Waals surface area contributed by atoms with Crippen molar-refractivity contribution in [2.24, 2.45) is 0 Å². The number of halogens is 4. The molecule has 3 atom stereocenters. The predicted octanol–water partition coefficient (Wildman–Crippen LogP) is 4.63. The number of sulfone groups is 1. The smallest absolute Gasteiger partial charge is 0.417 e. The number of carbonyl (C=O) groups is 1. The van der Waals surface area contributed by atoms with E-state index in [0.29, 0.717) is 25.1 Å². The van der Waals surface area contributed by atoms with Gasteiger partial charge in [0.25, 0.3) is 5.91 Å². The number of carbonyl (C=O) groups excluding carboxylic acids is 1. The van der Waals surface area contributed by atoms with Gasteiger partial charge in [0.15, 0.2) is 15.4 Å². The second-order valence-electron chi connectivity index (χ2n) is 9.82. The average molecular weight is 546 g/mol. The van der Waals surface area contributed by atoms with Gasteiger partial charge in [-0.25, -0.2) is 13.4 Å². The fraction of sp³-hybridized carbons (Fsp3) is 0.500. The second-order valence-corrected chi connectivity index (χ2v) is 12.2. The zero-order chi connectivity index (χ0) is 26.5. The molecule has 1 aromatic carbocycles. The van der Waals surface area contributed by atoms with Gasteiger partial charge in [0.05, 0.1) is 10.5 Å². The Bertz CT molecular complexity index is 1240. The lowest BCUT2D eigenvalue weighted by atomic mass is 9.95. The maximum atomic E-state index is 13.0. The Morgan fingerprint density at radius 3 is 2.22 bits per heavy atom. The molecule has 3 heterocycles. The molecule has 0 aliphatic carbocycles. The summed E-state index contributed by atoms with van der Waals surface area (Å²) in [6.07, 6.45) is 0.506. The Kier molecular flexibility index (Phi) is 6.93. The van der Waals surface area contributed by atoms with Gasteiger partial charge in [0.2, 0.25) is 5.88 Å². The molecule has 2 aliphatic rings. The zero-order valence-electron chi connectivity index (χ0n) is 20.0. The number of anilines is 1. The molecule has 12 heteroatoms. The van der Waals surface area contributed by atoms with E-state index in [-0.39, 0.29) is 33.9 Å². The number of hydrogen-bond acceptors (Lipinski definition) is 6. The van der Waals surface area contributed by atoms with E-state index in [1.54, 1.807) is 12.1 Å². The topological polar surface area (TPSA) is 88.6 Å². The maximum absolute atomic E-state index is 13.0. The van der Waals surface area contributed by atoms with Crippen molar-refractivity contribution in [3.8, 4) is 5.88 Å². The summed E-state index contributed by atoms with van der Waals surface area (Å²) in [6.45, 7) is 3.01. The van der Waals surface area contributed by atoms with Crippen LogP contribution >= 0.6 is 11.6 Å². The number of nitrogens with one attached hydrogen (secondary N) is 1. The lowest BCUT2D eigenvalue weighted by molar-refractivity contribution is -0.138. The molecule has 1 unspecified atom stereocenters. The van der Waals surface area contributed by atoms with Crippen LogP contribution in [0.3, 0.4) is 0 Å². The Morgan fingerprint density at radius 1 is 1.14 bits per heavy atom. The average Bonchev–Trinajstić information content (AvgIpc) is 3.04. The van der Waals surface area contributed by atoms with Crippen molar-refractivity contribution in [3.05, 3.63) is 47.1 Å². The summed E-state index contributed by atoms with van der Waals surface area (Å²) >= 11 is 5.94. The van der Waals surface area contributed by atoms with Gasteiger partial charge in [-0.3, -0.25) is 4.79 Å². The van der Waals surface area contributed by atoms with Gasteiger partial charge in [0, 0.05) is 36.3 Å². The van der Waals surface area contributed by atoms with Crippen molar-refractivity contribution in [3.63, 3.8) is 0 Å². The van der Waals surface area contributed by atoms with Crippen LogP contribution in [0.1, 0.15) is 45.1 Å². The van der Waals surface area contributed by atoms with Crippen LogP contribution in [0.15, 0.2) is 41.4 Å². The van der Waals surface area contributed by atoms with E-state index in [0.717, 1.165) is 18.5 Å². The van der Waals surface area contributed by atoms with Gasteiger partial charge in [0.1, 0.15) is 5.02 Å². The van der Waals surface area contributed by atoms with Crippen LogP contribution in [-0.4, -0.2) is 49.3 Å². The quantitative estimate of drug-likeness (QED) is 0.569. The molecule has 2 aliphatic heterocycles. The number of pyridine rings is 1. The van der Waals surface area contributed by atoms with Crippen molar-refractivity contribution >= 4 is 33.0 Å². The summed E-state index contributed by atoms with van der Waals surface area (Å²) < 4.78 is 67.7. The van der Waals surface area contributed by atoms with E-state index in [1.165, 1.54) is 20.1 Å². The number of alkyl halides is 3. The third kappa shape index (κ3) is 5.56. The molecular weight excluding hydrogens is 519 g/mol. The summed E-state index contributed by atoms with van der Waals surface area (Å²) in [4.78, 5) is 19.3. The molecule has 2 saturated heterocycles. The number of piperidine rings is 1. The largest absolute Gasteiger partial charge is 0.460 e. The highest BCUT2D eigenvalue weighted by atomic mass is 35.5. The first-order valence-corrected chi connectivity index (χ1v) is 13.7. The molecule has 2 fully saturated rings.